The lowest BCUT2D eigenvalue weighted by molar-refractivity contribution is 0.301. The molecule has 1 heterocycles. The number of aryl methyl sites for hydroxylation is 2. The zero-order valence-corrected chi connectivity index (χ0v) is 14.6. The molecule has 1 saturated heterocycles. The molecule has 21 heavy (non-hydrogen) atoms. The molecular weight excluding hydrogens is 304 g/mol. The van der Waals surface area contributed by atoms with Gasteiger partial charge in [0.1, 0.15) is 0 Å². The first kappa shape index (κ1) is 16.8. The molecule has 0 spiro atoms. The number of nitrogens with zero attached hydrogens (tertiary/aromatic N) is 1. The second-order valence-electron chi connectivity index (χ2n) is 5.74. The van der Waals surface area contributed by atoms with Gasteiger partial charge in [-0.3, -0.25) is 0 Å². The van der Waals surface area contributed by atoms with Gasteiger partial charge in [0.15, 0.2) is 0 Å². The van der Waals surface area contributed by atoms with Crippen molar-refractivity contribution in [3.63, 3.8) is 0 Å². The molecule has 0 saturated carbocycles. The summed E-state index contributed by atoms with van der Waals surface area (Å²) in [6, 6.07) is 5.35. The van der Waals surface area contributed by atoms with E-state index < -0.39 is 10.0 Å². The van der Waals surface area contributed by atoms with Crippen molar-refractivity contribution in [3.8, 4) is 0 Å². The summed E-state index contributed by atoms with van der Waals surface area (Å²) in [7, 11) is -3.38. The molecular formula is C15H24N2O2S2. The predicted molar refractivity (Wildman–Crippen MR) is 89.2 cm³/mol. The van der Waals surface area contributed by atoms with E-state index in [0.717, 1.165) is 24.0 Å². The van der Waals surface area contributed by atoms with Crippen LogP contribution in [0, 0.1) is 13.8 Å². The van der Waals surface area contributed by atoms with Crippen molar-refractivity contribution in [2.24, 2.45) is 5.73 Å². The average molecular weight is 329 g/mol. The minimum absolute atomic E-state index is 0.0369. The molecule has 0 unspecified atom stereocenters. The van der Waals surface area contributed by atoms with Gasteiger partial charge in [0, 0.05) is 24.4 Å². The van der Waals surface area contributed by atoms with Crippen molar-refractivity contribution in [1.29, 1.82) is 0 Å². The Morgan fingerprint density at radius 2 is 1.86 bits per heavy atom. The first-order chi connectivity index (χ1) is 9.84. The summed E-state index contributed by atoms with van der Waals surface area (Å²) >= 11 is 1.76. The summed E-state index contributed by atoms with van der Waals surface area (Å²) in [6.07, 6.45) is 3.68. The van der Waals surface area contributed by atoms with Gasteiger partial charge < -0.3 is 5.73 Å². The van der Waals surface area contributed by atoms with Crippen LogP contribution in [0.1, 0.15) is 24.0 Å². The smallest absolute Gasteiger partial charge is 0.243 e. The Labute approximate surface area is 132 Å². The van der Waals surface area contributed by atoms with Crippen molar-refractivity contribution in [1.82, 2.24) is 4.31 Å². The predicted octanol–water partition coefficient (Wildman–Crippen LogP) is 2.15. The highest BCUT2D eigenvalue weighted by Crippen LogP contribution is 2.35. The fourth-order valence-corrected chi connectivity index (χ4v) is 4.93. The zero-order valence-electron chi connectivity index (χ0n) is 12.9. The van der Waals surface area contributed by atoms with Gasteiger partial charge >= 0.3 is 0 Å². The summed E-state index contributed by atoms with van der Waals surface area (Å²) in [4.78, 5) is 0.398. The fourth-order valence-electron chi connectivity index (χ4n) is 2.65. The van der Waals surface area contributed by atoms with Gasteiger partial charge in [-0.15, -0.1) is 0 Å². The molecule has 1 aromatic rings. The van der Waals surface area contributed by atoms with Crippen LogP contribution in [-0.2, 0) is 10.0 Å². The second kappa shape index (κ2) is 6.28. The van der Waals surface area contributed by atoms with Crippen LogP contribution in [0.25, 0.3) is 0 Å². The SMILES string of the molecule is CSC1(CN)CCN(S(=O)(=O)c2ccc(C)c(C)c2)CC1. The fraction of sp³-hybridized carbons (Fsp3) is 0.600. The van der Waals surface area contributed by atoms with Crippen LogP contribution >= 0.6 is 11.8 Å². The van der Waals surface area contributed by atoms with E-state index >= 15 is 0 Å². The number of nitrogens with two attached hydrogens (primary N) is 1. The molecule has 4 nitrogen and oxygen atoms in total. The third-order valence-corrected chi connectivity index (χ3v) is 7.89. The molecule has 118 valence electrons. The maximum atomic E-state index is 12.7. The zero-order chi connectivity index (χ0) is 15.7. The van der Waals surface area contributed by atoms with Gasteiger partial charge in [0.25, 0.3) is 0 Å². The number of hydrogen-bond donors (Lipinski definition) is 1. The Balaban J connectivity index is 2.20. The monoisotopic (exact) mass is 328 g/mol. The van der Waals surface area contributed by atoms with Gasteiger partial charge in [-0.25, -0.2) is 8.42 Å². The molecule has 0 amide bonds. The maximum Gasteiger partial charge on any atom is 0.243 e. The quantitative estimate of drug-likeness (QED) is 0.920. The second-order valence-corrected chi connectivity index (χ2v) is 8.95. The van der Waals surface area contributed by atoms with E-state index in [0.29, 0.717) is 24.5 Å². The van der Waals surface area contributed by atoms with Gasteiger partial charge in [-0.1, -0.05) is 6.07 Å². The summed E-state index contributed by atoms with van der Waals surface area (Å²) in [5.74, 6) is 0. The summed E-state index contributed by atoms with van der Waals surface area (Å²) < 4.78 is 27.1. The van der Waals surface area contributed by atoms with Gasteiger partial charge in [-0.2, -0.15) is 16.1 Å². The Bertz CT molecular complexity index is 600. The molecule has 0 aliphatic carbocycles. The van der Waals surface area contributed by atoms with Crippen LogP contribution in [0.4, 0.5) is 0 Å². The number of sulfonamides is 1. The minimum atomic E-state index is -3.38. The van der Waals surface area contributed by atoms with E-state index in [2.05, 4.69) is 6.26 Å². The number of thioether (sulfide) groups is 1. The van der Waals surface area contributed by atoms with Crippen molar-refractivity contribution in [2.45, 2.75) is 36.3 Å². The topological polar surface area (TPSA) is 63.4 Å². The first-order valence-corrected chi connectivity index (χ1v) is 9.84. The number of rotatable bonds is 4. The van der Waals surface area contributed by atoms with Crippen LogP contribution in [0.15, 0.2) is 23.1 Å². The Morgan fingerprint density at radius 1 is 1.24 bits per heavy atom. The van der Waals surface area contributed by atoms with E-state index in [-0.39, 0.29) is 4.75 Å². The highest BCUT2D eigenvalue weighted by molar-refractivity contribution is 8.00. The van der Waals surface area contributed by atoms with Gasteiger partial charge in [-0.05, 0) is 56.2 Å². The van der Waals surface area contributed by atoms with E-state index in [4.69, 9.17) is 5.73 Å². The molecule has 1 aromatic carbocycles. The van der Waals surface area contributed by atoms with E-state index in [1.807, 2.05) is 19.9 Å². The van der Waals surface area contributed by atoms with E-state index in [1.165, 1.54) is 0 Å². The largest absolute Gasteiger partial charge is 0.329 e. The normalized spacial score (nSPS) is 19.6. The minimum Gasteiger partial charge on any atom is -0.329 e. The van der Waals surface area contributed by atoms with Gasteiger partial charge in [0.05, 0.1) is 4.90 Å². The average Bonchev–Trinajstić information content (AvgIpc) is 2.50. The molecule has 0 aromatic heterocycles. The molecule has 1 fully saturated rings. The number of benzene rings is 1. The van der Waals surface area contributed by atoms with E-state index in [1.54, 1.807) is 28.2 Å². The Morgan fingerprint density at radius 3 is 2.33 bits per heavy atom. The molecule has 0 bridgehead atoms. The molecule has 1 aliphatic heterocycles. The maximum absolute atomic E-state index is 12.7. The number of piperidine rings is 1. The molecule has 2 N–H and O–H groups in total. The highest BCUT2D eigenvalue weighted by Gasteiger charge is 2.37. The third kappa shape index (κ3) is 3.28. The standard InChI is InChI=1S/C15H24N2O2S2/c1-12-4-5-14(10-13(12)2)21(18,19)17-8-6-15(11-16,20-3)7-9-17/h4-5,10H,6-9,11,16H2,1-3H3. The van der Waals surface area contributed by atoms with Crippen molar-refractivity contribution < 1.29 is 8.42 Å². The lowest BCUT2D eigenvalue weighted by Gasteiger charge is -2.39. The Kier molecular flexibility index (Phi) is 5.03. The van der Waals surface area contributed by atoms with Crippen LogP contribution in [0.2, 0.25) is 0 Å². The van der Waals surface area contributed by atoms with Crippen LogP contribution in [-0.4, -0.2) is 43.4 Å². The van der Waals surface area contributed by atoms with Crippen LogP contribution < -0.4 is 5.73 Å². The number of hydrogen-bond acceptors (Lipinski definition) is 4. The van der Waals surface area contributed by atoms with Crippen molar-refractivity contribution >= 4 is 21.8 Å². The molecule has 0 radical (unpaired) electrons. The van der Waals surface area contributed by atoms with Gasteiger partial charge in [0.2, 0.25) is 10.0 Å². The lowest BCUT2D eigenvalue weighted by Crippen LogP contribution is -2.48. The van der Waals surface area contributed by atoms with Crippen LogP contribution in [0.3, 0.4) is 0 Å². The molecule has 1 aliphatic rings. The Hall–Kier alpha value is -0.560. The van der Waals surface area contributed by atoms with Crippen molar-refractivity contribution in [2.75, 3.05) is 25.9 Å². The summed E-state index contributed by atoms with van der Waals surface area (Å²) in [5.41, 5.74) is 7.98. The summed E-state index contributed by atoms with van der Waals surface area (Å²) in [5, 5.41) is 0. The van der Waals surface area contributed by atoms with E-state index in [9.17, 15) is 8.42 Å². The van der Waals surface area contributed by atoms with Crippen molar-refractivity contribution in [3.05, 3.63) is 29.3 Å². The molecule has 0 atom stereocenters. The molecule has 6 heteroatoms. The highest BCUT2D eigenvalue weighted by atomic mass is 32.2. The van der Waals surface area contributed by atoms with Crippen LogP contribution in [0.5, 0.6) is 0 Å². The lowest BCUT2D eigenvalue weighted by atomic mass is 9.97. The molecule has 2 rings (SSSR count). The first-order valence-electron chi connectivity index (χ1n) is 7.17. The summed E-state index contributed by atoms with van der Waals surface area (Å²) in [6.45, 7) is 5.63. The third-order valence-electron chi connectivity index (χ3n) is 4.55.